The van der Waals surface area contributed by atoms with E-state index in [0.717, 1.165) is 28.5 Å². The molecule has 1 N–H and O–H groups in total. The summed E-state index contributed by atoms with van der Waals surface area (Å²) < 4.78 is 33.2. The highest BCUT2D eigenvalue weighted by Crippen LogP contribution is 2.26. The zero-order valence-electron chi connectivity index (χ0n) is 18.4. The van der Waals surface area contributed by atoms with Crippen molar-refractivity contribution < 1.29 is 13.2 Å². The standard InChI is InChI=1S/C22H30N4O3S/c1-14(2)22(15(3)29-6)26(5)30(27,28)18-9-7-17(8-10-18)13-20-21-19(11-12-23-20)24-16(4)25-21/h7-12,14-15,22-23H,13H2,1-6H3. The van der Waals surface area contributed by atoms with Crippen LogP contribution in [0.2, 0.25) is 0 Å². The largest absolute Gasteiger partial charge is 0.380 e. The van der Waals surface area contributed by atoms with E-state index in [0.29, 0.717) is 6.42 Å². The van der Waals surface area contributed by atoms with Crippen molar-refractivity contribution in [1.82, 2.24) is 19.3 Å². The van der Waals surface area contributed by atoms with Crippen molar-refractivity contribution in [2.45, 2.75) is 51.2 Å². The summed E-state index contributed by atoms with van der Waals surface area (Å²) in [7, 11) is -0.413. The minimum Gasteiger partial charge on any atom is -0.380 e. The maximum atomic E-state index is 13.2. The molecule has 2 atom stereocenters. The van der Waals surface area contributed by atoms with Gasteiger partial charge in [0.25, 0.3) is 0 Å². The number of nitrogens with zero attached hydrogens (tertiary/aromatic N) is 3. The number of hydrogen-bond acceptors (Lipinski definition) is 5. The molecule has 2 aliphatic heterocycles. The van der Waals surface area contributed by atoms with Gasteiger partial charge < -0.3 is 9.72 Å². The van der Waals surface area contributed by atoms with Gasteiger partial charge in [0, 0.05) is 32.5 Å². The highest BCUT2D eigenvalue weighted by atomic mass is 32.2. The molecule has 0 aliphatic carbocycles. The number of pyridine rings is 1. The van der Waals surface area contributed by atoms with Crippen molar-refractivity contribution in [2.75, 3.05) is 14.2 Å². The van der Waals surface area contributed by atoms with E-state index in [9.17, 15) is 8.42 Å². The molecule has 1 aromatic rings. The topological polar surface area (TPSA) is 88.2 Å². The fourth-order valence-electron chi connectivity index (χ4n) is 3.94. The number of likely N-dealkylation sites (N-methyl/N-ethyl adjacent to an activating group) is 1. The van der Waals surface area contributed by atoms with Crippen LogP contribution < -0.4 is 0 Å². The highest BCUT2D eigenvalue weighted by Gasteiger charge is 2.33. The molecule has 162 valence electrons. The minimum atomic E-state index is -3.64. The Morgan fingerprint density at radius 1 is 1.10 bits per heavy atom. The lowest BCUT2D eigenvalue weighted by atomic mass is 10.00. The molecule has 2 aliphatic rings. The predicted octanol–water partition coefficient (Wildman–Crippen LogP) is 3.49. The molecule has 0 amide bonds. The first-order chi connectivity index (χ1) is 14.1. The normalized spacial score (nSPS) is 14.5. The maximum Gasteiger partial charge on any atom is 0.243 e. The smallest absolute Gasteiger partial charge is 0.243 e. The fourth-order valence-corrected chi connectivity index (χ4v) is 5.49. The lowest BCUT2D eigenvalue weighted by molar-refractivity contribution is 0.0432. The molecule has 0 bridgehead atoms. The average molecular weight is 431 g/mol. The maximum absolute atomic E-state index is 13.2. The van der Waals surface area contributed by atoms with E-state index in [1.54, 1.807) is 26.3 Å². The second-order valence-corrected chi connectivity index (χ2v) is 9.98. The van der Waals surface area contributed by atoms with Gasteiger partial charge in [-0.25, -0.2) is 18.4 Å². The first-order valence-electron chi connectivity index (χ1n) is 10.1. The predicted molar refractivity (Wildman–Crippen MR) is 117 cm³/mol. The van der Waals surface area contributed by atoms with E-state index in [2.05, 4.69) is 15.0 Å². The molecule has 0 radical (unpaired) electrons. The molecular formula is C22H30N4O3S. The summed E-state index contributed by atoms with van der Waals surface area (Å²) in [5, 5.41) is 0. The number of rotatable bonds is 8. The third kappa shape index (κ3) is 4.40. The molecule has 0 saturated carbocycles. The SMILES string of the molecule is COC(C)C(C(C)C)N(C)S(=O)(=O)c1ccc(Cc2[nH]ccc3nc(C)nc2-3)cc1. The van der Waals surface area contributed by atoms with Crippen LogP contribution in [0.25, 0.3) is 11.4 Å². The molecule has 2 heterocycles. The third-order valence-corrected chi connectivity index (χ3v) is 7.39. The van der Waals surface area contributed by atoms with Gasteiger partial charge in [0.15, 0.2) is 0 Å². The lowest BCUT2D eigenvalue weighted by Crippen LogP contribution is -2.47. The molecule has 1 aromatic carbocycles. The van der Waals surface area contributed by atoms with Crippen molar-refractivity contribution in [3.05, 3.63) is 53.6 Å². The fraction of sp³-hybridized carbons (Fsp3) is 0.455. The van der Waals surface area contributed by atoms with Gasteiger partial charge in [0.2, 0.25) is 10.0 Å². The summed E-state index contributed by atoms with van der Waals surface area (Å²) in [4.78, 5) is 12.4. The van der Waals surface area contributed by atoms with Crippen LogP contribution >= 0.6 is 0 Å². The zero-order chi connectivity index (χ0) is 22.1. The molecule has 3 rings (SSSR count). The van der Waals surface area contributed by atoms with Gasteiger partial charge in [0.05, 0.1) is 22.7 Å². The van der Waals surface area contributed by atoms with Gasteiger partial charge in [-0.15, -0.1) is 0 Å². The summed E-state index contributed by atoms with van der Waals surface area (Å²) in [5.74, 6) is 0.851. The van der Waals surface area contributed by atoms with E-state index in [1.807, 2.05) is 52.1 Å². The molecule has 2 unspecified atom stereocenters. The number of fused-ring (bicyclic) bond motifs is 1. The Balaban J connectivity index is 1.84. The van der Waals surface area contributed by atoms with Gasteiger partial charge in [-0.3, -0.25) is 0 Å². The summed E-state index contributed by atoms with van der Waals surface area (Å²) in [6.45, 7) is 7.76. The summed E-state index contributed by atoms with van der Waals surface area (Å²) >= 11 is 0. The quantitative estimate of drug-likeness (QED) is 0.591. The van der Waals surface area contributed by atoms with Crippen molar-refractivity contribution >= 4 is 10.0 Å². The number of hydrogen-bond donors (Lipinski definition) is 1. The molecule has 7 nitrogen and oxygen atoms in total. The number of sulfonamides is 1. The summed E-state index contributed by atoms with van der Waals surface area (Å²) in [5.41, 5.74) is 3.65. The van der Waals surface area contributed by atoms with E-state index < -0.39 is 10.0 Å². The van der Waals surface area contributed by atoms with Crippen molar-refractivity contribution in [3.63, 3.8) is 0 Å². The Morgan fingerprint density at radius 2 is 1.77 bits per heavy atom. The Hall–Kier alpha value is -2.29. The summed E-state index contributed by atoms with van der Waals surface area (Å²) in [6, 6.07) is 8.67. The number of aryl methyl sites for hydroxylation is 1. The number of nitrogens with one attached hydrogen (secondary N) is 1. The lowest BCUT2D eigenvalue weighted by Gasteiger charge is -2.34. The number of benzene rings is 1. The van der Waals surface area contributed by atoms with Crippen LogP contribution in [-0.4, -0.2) is 54.0 Å². The van der Waals surface area contributed by atoms with Crippen LogP contribution in [-0.2, 0) is 21.2 Å². The first kappa shape index (κ1) is 22.4. The second kappa shape index (κ2) is 8.83. The number of methoxy groups -OCH3 is 1. The number of imidazole rings is 1. The van der Waals surface area contributed by atoms with E-state index in [1.165, 1.54) is 4.31 Å². The molecule has 0 fully saturated rings. The molecule has 30 heavy (non-hydrogen) atoms. The van der Waals surface area contributed by atoms with Crippen LogP contribution in [0.15, 0.2) is 41.4 Å². The van der Waals surface area contributed by atoms with Crippen molar-refractivity contribution in [2.24, 2.45) is 5.92 Å². The Labute approximate surface area is 178 Å². The van der Waals surface area contributed by atoms with E-state index >= 15 is 0 Å². The van der Waals surface area contributed by atoms with Crippen LogP contribution in [0, 0.1) is 12.8 Å². The van der Waals surface area contributed by atoms with E-state index in [4.69, 9.17) is 4.74 Å². The van der Waals surface area contributed by atoms with Gasteiger partial charge >= 0.3 is 0 Å². The summed E-state index contributed by atoms with van der Waals surface area (Å²) in [6.07, 6.45) is 2.25. The molecule has 8 heteroatoms. The Kier molecular flexibility index (Phi) is 6.59. The molecule has 0 spiro atoms. The first-order valence-corrected chi connectivity index (χ1v) is 11.5. The average Bonchev–Trinajstić information content (AvgIpc) is 3.09. The molecule has 0 saturated heterocycles. The third-order valence-electron chi connectivity index (χ3n) is 5.52. The number of aromatic amines is 1. The van der Waals surface area contributed by atoms with Crippen LogP contribution in [0.3, 0.4) is 0 Å². The van der Waals surface area contributed by atoms with Crippen LogP contribution in [0.1, 0.15) is 37.9 Å². The minimum absolute atomic E-state index is 0.115. The van der Waals surface area contributed by atoms with Crippen molar-refractivity contribution in [1.29, 1.82) is 0 Å². The van der Waals surface area contributed by atoms with Gasteiger partial charge in [-0.05, 0) is 43.5 Å². The Bertz CT molecular complexity index is 1060. The van der Waals surface area contributed by atoms with Crippen LogP contribution in [0.4, 0.5) is 0 Å². The zero-order valence-corrected chi connectivity index (χ0v) is 19.2. The highest BCUT2D eigenvalue weighted by molar-refractivity contribution is 7.89. The van der Waals surface area contributed by atoms with Gasteiger partial charge in [-0.2, -0.15) is 4.31 Å². The monoisotopic (exact) mass is 430 g/mol. The number of aromatic nitrogens is 3. The van der Waals surface area contributed by atoms with Crippen molar-refractivity contribution in [3.8, 4) is 11.4 Å². The van der Waals surface area contributed by atoms with Crippen LogP contribution in [0.5, 0.6) is 0 Å². The molecular weight excluding hydrogens is 400 g/mol. The van der Waals surface area contributed by atoms with Gasteiger partial charge in [-0.1, -0.05) is 26.0 Å². The number of H-pyrrole nitrogens is 1. The second-order valence-electron chi connectivity index (χ2n) is 7.98. The van der Waals surface area contributed by atoms with Gasteiger partial charge in [0.1, 0.15) is 11.5 Å². The number of ether oxygens (including phenoxy) is 1. The molecule has 0 aromatic heterocycles. The van der Waals surface area contributed by atoms with E-state index in [-0.39, 0.29) is 23.0 Å². The Morgan fingerprint density at radius 3 is 2.37 bits per heavy atom.